The molecule has 0 unspecified atom stereocenters. The summed E-state index contributed by atoms with van der Waals surface area (Å²) in [4.78, 5) is 25.2. The third-order valence-corrected chi connectivity index (χ3v) is 4.62. The summed E-state index contributed by atoms with van der Waals surface area (Å²) in [6.45, 7) is 0.0566. The number of fused-ring (bicyclic) bond motifs is 2. The van der Waals surface area contributed by atoms with Crippen LogP contribution in [0.5, 0.6) is 0 Å². The number of nitrogens with one attached hydrogen (secondary N) is 1. The van der Waals surface area contributed by atoms with E-state index in [0.717, 1.165) is 16.6 Å². The molecule has 0 radical (unpaired) electrons. The fourth-order valence-corrected chi connectivity index (χ4v) is 3.30. The van der Waals surface area contributed by atoms with Crippen molar-refractivity contribution in [2.75, 3.05) is 0 Å². The fraction of sp³-hybridized carbons (Fsp3) is 0.0417. The molecule has 0 aliphatic carbocycles. The average Bonchev–Trinajstić information content (AvgIpc) is 2.77. The Labute approximate surface area is 167 Å². The first-order valence-electron chi connectivity index (χ1n) is 9.28. The third kappa shape index (κ3) is 3.99. The van der Waals surface area contributed by atoms with Gasteiger partial charge in [0.25, 0.3) is 5.91 Å². The molecule has 1 amide bonds. The van der Waals surface area contributed by atoms with Crippen molar-refractivity contribution in [3.8, 4) is 0 Å². The van der Waals surface area contributed by atoms with Crippen LogP contribution in [0.15, 0.2) is 94.8 Å². The van der Waals surface area contributed by atoms with Crippen LogP contribution < -0.4 is 10.9 Å². The number of rotatable bonds is 5. The molecular weight excluding hydrogens is 362 g/mol. The fourth-order valence-electron chi connectivity index (χ4n) is 3.30. The van der Waals surface area contributed by atoms with Crippen molar-refractivity contribution in [1.82, 2.24) is 9.99 Å². The number of hydrogen-bond donors (Lipinski definition) is 1. The molecule has 0 atom stereocenters. The predicted molar refractivity (Wildman–Crippen MR) is 118 cm³/mol. The molecule has 29 heavy (non-hydrogen) atoms. The number of nitrogens with zero attached hydrogens (tertiary/aromatic N) is 2. The Balaban J connectivity index is 1.56. The molecule has 0 spiro atoms. The smallest absolute Gasteiger partial charge is 0.260 e. The standard InChI is InChI=1S/C24H19N3O2/c28-23(26-25-16-8-11-18-9-2-1-3-10-18)17-27-21-14-6-4-12-19(21)24(29)20-13-5-7-15-22(20)27/h1-16H,17H2,(H,26,28)/b11-8-,25-16?. The first-order chi connectivity index (χ1) is 14.2. The Morgan fingerprint density at radius 2 is 1.45 bits per heavy atom. The van der Waals surface area contributed by atoms with E-state index in [4.69, 9.17) is 0 Å². The first kappa shape index (κ1) is 18.4. The number of aromatic nitrogens is 1. The topological polar surface area (TPSA) is 63.5 Å². The maximum Gasteiger partial charge on any atom is 0.260 e. The summed E-state index contributed by atoms with van der Waals surface area (Å²) in [6.07, 6.45) is 5.20. The number of hydrazone groups is 1. The van der Waals surface area contributed by atoms with Gasteiger partial charge in [-0.15, -0.1) is 0 Å². The lowest BCUT2D eigenvalue weighted by atomic mass is 10.1. The monoisotopic (exact) mass is 381 g/mol. The van der Waals surface area contributed by atoms with Gasteiger partial charge in [-0.05, 0) is 35.9 Å². The maximum atomic E-state index is 12.7. The van der Waals surface area contributed by atoms with Gasteiger partial charge in [0.15, 0.2) is 5.43 Å². The summed E-state index contributed by atoms with van der Waals surface area (Å²) in [5, 5.41) is 5.16. The van der Waals surface area contributed by atoms with E-state index in [1.54, 1.807) is 18.2 Å². The first-order valence-corrected chi connectivity index (χ1v) is 9.28. The van der Waals surface area contributed by atoms with E-state index in [1.165, 1.54) is 6.21 Å². The summed E-state index contributed by atoms with van der Waals surface area (Å²) in [7, 11) is 0. The molecular formula is C24H19N3O2. The normalized spacial score (nSPS) is 11.6. The second-order valence-electron chi connectivity index (χ2n) is 6.53. The van der Waals surface area contributed by atoms with Gasteiger partial charge in [0.1, 0.15) is 6.54 Å². The summed E-state index contributed by atoms with van der Waals surface area (Å²) >= 11 is 0. The Bertz CT molecular complexity index is 1230. The molecule has 5 heteroatoms. The van der Waals surface area contributed by atoms with Crippen molar-refractivity contribution >= 4 is 40.0 Å². The second kappa shape index (κ2) is 8.35. The lowest BCUT2D eigenvalue weighted by Crippen LogP contribution is -2.24. The van der Waals surface area contributed by atoms with Crippen molar-refractivity contribution in [3.05, 3.63) is 101 Å². The van der Waals surface area contributed by atoms with Crippen molar-refractivity contribution in [3.63, 3.8) is 0 Å². The van der Waals surface area contributed by atoms with Crippen LogP contribution >= 0.6 is 0 Å². The second-order valence-corrected chi connectivity index (χ2v) is 6.53. The van der Waals surface area contributed by atoms with Crippen LogP contribution in [0.1, 0.15) is 5.56 Å². The summed E-state index contributed by atoms with van der Waals surface area (Å²) in [6, 6.07) is 24.5. The highest BCUT2D eigenvalue weighted by Crippen LogP contribution is 2.18. The van der Waals surface area contributed by atoms with Crippen LogP contribution in [-0.4, -0.2) is 16.7 Å². The lowest BCUT2D eigenvalue weighted by Gasteiger charge is -2.14. The highest BCUT2D eigenvalue weighted by atomic mass is 16.2. The van der Waals surface area contributed by atoms with Gasteiger partial charge in [0.05, 0.1) is 11.0 Å². The number of carbonyl (C=O) groups excluding carboxylic acids is 1. The molecule has 3 aromatic carbocycles. The van der Waals surface area contributed by atoms with Crippen molar-refractivity contribution < 1.29 is 4.79 Å². The van der Waals surface area contributed by atoms with Gasteiger partial charge in [-0.2, -0.15) is 5.10 Å². The van der Waals surface area contributed by atoms with Gasteiger partial charge in [-0.1, -0.05) is 60.7 Å². The molecule has 0 saturated carbocycles. The number of allylic oxidation sites excluding steroid dienone is 1. The van der Waals surface area contributed by atoms with E-state index in [1.807, 2.05) is 77.4 Å². The minimum absolute atomic E-state index is 0.0306. The van der Waals surface area contributed by atoms with Crippen molar-refractivity contribution in [2.45, 2.75) is 6.54 Å². The molecule has 0 fully saturated rings. The predicted octanol–water partition coefficient (Wildman–Crippen LogP) is 3.97. The van der Waals surface area contributed by atoms with E-state index >= 15 is 0 Å². The van der Waals surface area contributed by atoms with Gasteiger partial charge in [0, 0.05) is 17.0 Å². The third-order valence-electron chi connectivity index (χ3n) is 4.62. The summed E-state index contributed by atoms with van der Waals surface area (Å²) in [5.74, 6) is -0.270. The van der Waals surface area contributed by atoms with Gasteiger partial charge in [-0.3, -0.25) is 9.59 Å². The van der Waals surface area contributed by atoms with Crippen LogP contribution in [-0.2, 0) is 11.3 Å². The number of hydrogen-bond acceptors (Lipinski definition) is 3. The molecule has 4 rings (SSSR count). The van der Waals surface area contributed by atoms with Crippen LogP contribution in [0.3, 0.4) is 0 Å². The molecule has 1 heterocycles. The van der Waals surface area contributed by atoms with Gasteiger partial charge < -0.3 is 4.57 Å². The van der Waals surface area contributed by atoms with E-state index in [2.05, 4.69) is 10.5 Å². The Morgan fingerprint density at radius 3 is 2.10 bits per heavy atom. The van der Waals surface area contributed by atoms with E-state index in [-0.39, 0.29) is 17.9 Å². The lowest BCUT2D eigenvalue weighted by molar-refractivity contribution is -0.121. The minimum Gasteiger partial charge on any atom is -0.331 e. The highest BCUT2D eigenvalue weighted by Gasteiger charge is 2.12. The number of amides is 1. The quantitative estimate of drug-likeness (QED) is 0.323. The van der Waals surface area contributed by atoms with Crippen LogP contribution in [0, 0.1) is 0 Å². The van der Waals surface area contributed by atoms with Crippen molar-refractivity contribution in [2.24, 2.45) is 5.10 Å². The minimum atomic E-state index is -0.270. The molecule has 1 aromatic heterocycles. The molecule has 0 saturated heterocycles. The van der Waals surface area contributed by atoms with Gasteiger partial charge in [0.2, 0.25) is 0 Å². The number of pyridine rings is 1. The molecule has 0 bridgehead atoms. The number of carbonyl (C=O) groups is 1. The van der Waals surface area contributed by atoms with Gasteiger partial charge in [-0.25, -0.2) is 5.43 Å². The van der Waals surface area contributed by atoms with Crippen molar-refractivity contribution in [1.29, 1.82) is 0 Å². The van der Waals surface area contributed by atoms with E-state index in [0.29, 0.717) is 10.8 Å². The van der Waals surface area contributed by atoms with Crippen LogP contribution in [0.2, 0.25) is 0 Å². The molecule has 1 N–H and O–H groups in total. The Morgan fingerprint density at radius 1 is 0.862 bits per heavy atom. The summed E-state index contributed by atoms with van der Waals surface area (Å²) < 4.78 is 1.84. The Kier molecular flexibility index (Phi) is 5.29. The highest BCUT2D eigenvalue weighted by molar-refractivity contribution is 5.95. The zero-order chi connectivity index (χ0) is 20.1. The SMILES string of the molecule is O=C(Cn1c2ccccc2c(=O)c2ccccc21)NN=C/C=C\c1ccccc1. The molecule has 0 aliphatic heterocycles. The maximum absolute atomic E-state index is 12.7. The molecule has 5 nitrogen and oxygen atoms in total. The summed E-state index contributed by atoms with van der Waals surface area (Å²) in [5.41, 5.74) is 5.01. The number of benzene rings is 3. The van der Waals surface area contributed by atoms with E-state index in [9.17, 15) is 9.59 Å². The largest absolute Gasteiger partial charge is 0.331 e. The zero-order valence-electron chi connectivity index (χ0n) is 15.7. The van der Waals surface area contributed by atoms with Crippen LogP contribution in [0.4, 0.5) is 0 Å². The van der Waals surface area contributed by atoms with Crippen LogP contribution in [0.25, 0.3) is 27.9 Å². The molecule has 0 aliphatic rings. The van der Waals surface area contributed by atoms with Gasteiger partial charge >= 0.3 is 0 Å². The zero-order valence-corrected chi connectivity index (χ0v) is 15.7. The Hall–Kier alpha value is -3.99. The average molecular weight is 381 g/mol. The molecule has 142 valence electrons. The van der Waals surface area contributed by atoms with E-state index < -0.39 is 0 Å². The number of para-hydroxylation sites is 2. The molecule has 4 aromatic rings.